The van der Waals surface area contributed by atoms with Crippen molar-refractivity contribution in [3.63, 3.8) is 0 Å². The van der Waals surface area contributed by atoms with Gasteiger partial charge in [0.15, 0.2) is 5.13 Å². The Labute approximate surface area is 103 Å². The van der Waals surface area contributed by atoms with Crippen molar-refractivity contribution in [2.24, 2.45) is 0 Å². The van der Waals surface area contributed by atoms with E-state index < -0.39 is 0 Å². The van der Waals surface area contributed by atoms with Crippen LogP contribution in [0.4, 0.5) is 10.8 Å². The molecule has 17 heavy (non-hydrogen) atoms. The van der Waals surface area contributed by atoms with E-state index in [9.17, 15) is 4.79 Å². The molecule has 1 aromatic heterocycles. The number of carbonyl (C=O) groups excluding carboxylic acids is 1. The minimum atomic E-state index is -0.328. The number of anilines is 2. The van der Waals surface area contributed by atoms with Gasteiger partial charge in [-0.25, -0.2) is 9.78 Å². The van der Waals surface area contributed by atoms with Gasteiger partial charge in [0, 0.05) is 5.69 Å². The second kappa shape index (κ2) is 5.45. The van der Waals surface area contributed by atoms with Gasteiger partial charge in [0.1, 0.15) is 4.88 Å². The second-order valence-electron chi connectivity index (χ2n) is 3.24. The summed E-state index contributed by atoms with van der Waals surface area (Å²) in [4.78, 5) is 16.1. The molecule has 0 aliphatic carbocycles. The number of nitrogens with one attached hydrogen (secondary N) is 1. The third kappa shape index (κ3) is 3.04. The molecule has 1 N–H and O–H groups in total. The van der Waals surface area contributed by atoms with Crippen LogP contribution in [0.15, 0.2) is 36.5 Å². The van der Waals surface area contributed by atoms with Crippen LogP contribution in [0.5, 0.6) is 0 Å². The number of nitrogens with zero attached hydrogens (tertiary/aromatic N) is 1. The molecule has 0 fully saturated rings. The normalized spacial score (nSPS) is 9.94. The number of rotatable bonds is 4. The van der Waals surface area contributed by atoms with Gasteiger partial charge in [0.25, 0.3) is 0 Å². The summed E-state index contributed by atoms with van der Waals surface area (Å²) in [5.74, 6) is -0.328. The van der Waals surface area contributed by atoms with Crippen molar-refractivity contribution >= 4 is 28.1 Å². The molecule has 0 saturated carbocycles. The Morgan fingerprint density at radius 1 is 1.41 bits per heavy atom. The van der Waals surface area contributed by atoms with Gasteiger partial charge in [-0.2, -0.15) is 0 Å². The van der Waals surface area contributed by atoms with E-state index in [1.54, 1.807) is 6.92 Å². The van der Waals surface area contributed by atoms with Gasteiger partial charge in [-0.1, -0.05) is 29.5 Å². The van der Waals surface area contributed by atoms with Crippen molar-refractivity contribution < 1.29 is 9.53 Å². The summed E-state index contributed by atoms with van der Waals surface area (Å²) in [6, 6.07) is 9.68. The van der Waals surface area contributed by atoms with Gasteiger partial charge in [-0.3, -0.25) is 0 Å². The first-order valence-electron chi connectivity index (χ1n) is 5.24. The summed E-state index contributed by atoms with van der Waals surface area (Å²) in [6.07, 6.45) is 1.52. The molecule has 0 unspecified atom stereocenters. The van der Waals surface area contributed by atoms with Gasteiger partial charge in [0.2, 0.25) is 0 Å². The number of hydrogen-bond donors (Lipinski definition) is 1. The van der Waals surface area contributed by atoms with E-state index in [4.69, 9.17) is 4.74 Å². The van der Waals surface area contributed by atoms with Crippen LogP contribution in [0.2, 0.25) is 0 Å². The topological polar surface area (TPSA) is 51.2 Å². The highest BCUT2D eigenvalue weighted by Crippen LogP contribution is 2.22. The highest BCUT2D eigenvalue weighted by atomic mass is 32.1. The van der Waals surface area contributed by atoms with Gasteiger partial charge in [0.05, 0.1) is 12.8 Å². The molecule has 0 spiro atoms. The minimum Gasteiger partial charge on any atom is -0.462 e. The van der Waals surface area contributed by atoms with Crippen molar-refractivity contribution in [2.75, 3.05) is 11.9 Å². The van der Waals surface area contributed by atoms with E-state index in [-0.39, 0.29) is 5.97 Å². The summed E-state index contributed by atoms with van der Waals surface area (Å²) in [6.45, 7) is 2.15. The van der Waals surface area contributed by atoms with Crippen molar-refractivity contribution in [1.82, 2.24) is 4.98 Å². The van der Waals surface area contributed by atoms with Gasteiger partial charge in [-0.05, 0) is 19.1 Å². The Morgan fingerprint density at radius 3 is 2.88 bits per heavy atom. The van der Waals surface area contributed by atoms with Crippen LogP contribution in [-0.2, 0) is 4.74 Å². The monoisotopic (exact) mass is 248 g/mol. The third-order valence-electron chi connectivity index (χ3n) is 2.01. The molecule has 0 saturated heterocycles. The zero-order chi connectivity index (χ0) is 12.1. The number of ether oxygens (including phenoxy) is 1. The number of benzene rings is 1. The standard InChI is InChI=1S/C12H12N2O2S/c1-2-16-11(15)10-8-13-12(17-10)14-9-6-4-3-5-7-9/h3-8H,2H2,1H3,(H,13,14). The molecule has 1 heterocycles. The number of hydrogen-bond acceptors (Lipinski definition) is 5. The van der Waals surface area contributed by atoms with Gasteiger partial charge in [-0.15, -0.1) is 0 Å². The first kappa shape index (κ1) is 11.6. The Bertz CT molecular complexity index is 496. The molecule has 0 atom stereocenters. The molecule has 0 aliphatic rings. The molecule has 0 radical (unpaired) electrons. The molecule has 5 heteroatoms. The molecular weight excluding hydrogens is 236 g/mol. The number of thiazole rings is 1. The van der Waals surface area contributed by atoms with Gasteiger partial charge < -0.3 is 10.1 Å². The summed E-state index contributed by atoms with van der Waals surface area (Å²) in [5.41, 5.74) is 0.942. The first-order chi connectivity index (χ1) is 8.29. The average molecular weight is 248 g/mol. The quantitative estimate of drug-likeness (QED) is 0.845. The Hall–Kier alpha value is -1.88. The van der Waals surface area contributed by atoms with E-state index >= 15 is 0 Å². The van der Waals surface area contributed by atoms with Crippen LogP contribution in [-0.4, -0.2) is 17.6 Å². The summed E-state index contributed by atoms with van der Waals surface area (Å²) >= 11 is 1.28. The fraction of sp³-hybridized carbons (Fsp3) is 0.167. The van der Waals surface area contributed by atoms with Crippen LogP contribution in [0.25, 0.3) is 0 Å². The average Bonchev–Trinajstić information content (AvgIpc) is 2.79. The smallest absolute Gasteiger partial charge is 0.350 e. The molecule has 2 aromatic rings. The molecule has 2 rings (SSSR count). The highest BCUT2D eigenvalue weighted by molar-refractivity contribution is 7.17. The molecule has 0 aliphatic heterocycles. The van der Waals surface area contributed by atoms with E-state index in [1.165, 1.54) is 17.5 Å². The number of carbonyl (C=O) groups is 1. The number of esters is 1. The summed E-state index contributed by atoms with van der Waals surface area (Å²) < 4.78 is 4.90. The van der Waals surface area contributed by atoms with Crippen molar-refractivity contribution in [3.05, 3.63) is 41.4 Å². The van der Waals surface area contributed by atoms with E-state index in [0.29, 0.717) is 16.6 Å². The zero-order valence-corrected chi connectivity index (χ0v) is 10.2. The molecular formula is C12H12N2O2S. The lowest BCUT2D eigenvalue weighted by Gasteiger charge is -2.00. The Balaban J connectivity index is 2.06. The van der Waals surface area contributed by atoms with Crippen LogP contribution < -0.4 is 5.32 Å². The molecule has 88 valence electrons. The largest absolute Gasteiger partial charge is 0.462 e. The fourth-order valence-corrected chi connectivity index (χ4v) is 2.00. The van der Waals surface area contributed by atoms with E-state index in [1.807, 2.05) is 30.3 Å². The van der Waals surface area contributed by atoms with Crippen LogP contribution in [0.3, 0.4) is 0 Å². The maximum Gasteiger partial charge on any atom is 0.350 e. The molecule has 0 bridgehead atoms. The van der Waals surface area contributed by atoms with E-state index in [2.05, 4.69) is 10.3 Å². The maximum absolute atomic E-state index is 11.4. The van der Waals surface area contributed by atoms with Crippen molar-refractivity contribution in [2.45, 2.75) is 6.92 Å². The van der Waals surface area contributed by atoms with Crippen molar-refractivity contribution in [3.8, 4) is 0 Å². The summed E-state index contributed by atoms with van der Waals surface area (Å²) in [7, 11) is 0. The van der Waals surface area contributed by atoms with E-state index in [0.717, 1.165) is 5.69 Å². The highest BCUT2D eigenvalue weighted by Gasteiger charge is 2.11. The lowest BCUT2D eigenvalue weighted by molar-refractivity contribution is 0.0532. The lowest BCUT2D eigenvalue weighted by atomic mass is 10.3. The predicted octanol–water partition coefficient (Wildman–Crippen LogP) is 3.06. The van der Waals surface area contributed by atoms with Crippen LogP contribution in [0.1, 0.15) is 16.6 Å². The van der Waals surface area contributed by atoms with Gasteiger partial charge >= 0.3 is 5.97 Å². The fourth-order valence-electron chi connectivity index (χ4n) is 1.27. The molecule has 0 amide bonds. The Morgan fingerprint density at radius 2 is 2.18 bits per heavy atom. The van der Waals surface area contributed by atoms with Crippen LogP contribution in [0, 0.1) is 0 Å². The SMILES string of the molecule is CCOC(=O)c1cnc(Nc2ccccc2)s1. The maximum atomic E-state index is 11.4. The third-order valence-corrected chi connectivity index (χ3v) is 2.90. The minimum absolute atomic E-state index is 0.328. The van der Waals surface area contributed by atoms with Crippen LogP contribution >= 0.6 is 11.3 Å². The number of aromatic nitrogens is 1. The second-order valence-corrected chi connectivity index (χ2v) is 4.27. The predicted molar refractivity (Wildman–Crippen MR) is 67.8 cm³/mol. The Kier molecular flexibility index (Phi) is 3.72. The first-order valence-corrected chi connectivity index (χ1v) is 6.06. The zero-order valence-electron chi connectivity index (χ0n) is 9.34. The molecule has 1 aromatic carbocycles. The molecule has 4 nitrogen and oxygen atoms in total. The summed E-state index contributed by atoms with van der Waals surface area (Å²) in [5, 5.41) is 3.80. The number of para-hydroxylation sites is 1. The van der Waals surface area contributed by atoms with Crippen molar-refractivity contribution in [1.29, 1.82) is 0 Å². The lowest BCUT2D eigenvalue weighted by Crippen LogP contribution is -2.01.